The second-order valence-corrected chi connectivity index (χ2v) is 6.01. The molecule has 0 saturated carbocycles. The first-order valence-electron chi connectivity index (χ1n) is 6.41. The summed E-state index contributed by atoms with van der Waals surface area (Å²) < 4.78 is 5.66. The molecule has 2 fully saturated rings. The smallest absolute Gasteiger partial charge is 0.258 e. The average molecular weight is 313 g/mol. The quantitative estimate of drug-likeness (QED) is 0.912. The predicted molar refractivity (Wildman–Crippen MR) is 71.5 cm³/mol. The molecule has 0 spiro atoms. The lowest BCUT2D eigenvalue weighted by molar-refractivity contribution is 0.0679. The van der Waals surface area contributed by atoms with Gasteiger partial charge in [0.05, 0.1) is 11.8 Å². The molecule has 3 rings (SSSR count). The molecule has 0 radical (unpaired) electrons. The molecule has 2 aliphatic heterocycles. The van der Waals surface area contributed by atoms with Gasteiger partial charge in [-0.1, -0.05) is 0 Å². The van der Waals surface area contributed by atoms with Crippen LogP contribution < -0.4 is 5.32 Å². The van der Waals surface area contributed by atoms with Crippen LogP contribution in [0.25, 0.3) is 0 Å². The number of nitrogens with zero attached hydrogens (tertiary/aromatic N) is 1. The Morgan fingerprint density at radius 2 is 2.11 bits per heavy atom. The number of piperidine rings is 1. The number of hydrogen-bond donors (Lipinski definition) is 1. The van der Waals surface area contributed by atoms with Crippen molar-refractivity contribution >= 4 is 21.8 Å². The second-order valence-electron chi connectivity index (χ2n) is 5.29. The van der Waals surface area contributed by atoms with Crippen LogP contribution in [0.4, 0.5) is 0 Å². The third kappa shape index (κ3) is 2.10. The number of nitrogens with one attached hydrogen (secondary N) is 1. The van der Waals surface area contributed by atoms with E-state index in [9.17, 15) is 4.79 Å². The van der Waals surface area contributed by atoms with Gasteiger partial charge in [-0.25, -0.2) is 0 Å². The molecule has 2 aliphatic rings. The summed E-state index contributed by atoms with van der Waals surface area (Å²) in [6, 6.07) is 3.25. The van der Waals surface area contributed by atoms with Crippen LogP contribution in [0, 0.1) is 0 Å². The Morgan fingerprint density at radius 3 is 2.67 bits per heavy atom. The highest BCUT2D eigenvalue weighted by molar-refractivity contribution is 9.10. The lowest BCUT2D eigenvalue weighted by atomic mass is 9.98. The predicted octanol–water partition coefficient (Wildman–Crippen LogP) is 2.40. The summed E-state index contributed by atoms with van der Waals surface area (Å²) in [5, 5.41) is 3.59. The van der Waals surface area contributed by atoms with E-state index in [0.717, 1.165) is 12.8 Å². The minimum atomic E-state index is 0.0434. The fourth-order valence-electron chi connectivity index (χ4n) is 3.15. The normalized spacial score (nSPS) is 30.4. The summed E-state index contributed by atoms with van der Waals surface area (Å²) >= 11 is 3.27. The minimum absolute atomic E-state index is 0.0434. The molecule has 1 aromatic heterocycles. The Bertz CT molecular complexity index is 448. The van der Waals surface area contributed by atoms with Gasteiger partial charge in [-0.3, -0.25) is 4.79 Å². The van der Waals surface area contributed by atoms with Crippen LogP contribution in [0.2, 0.25) is 0 Å². The monoisotopic (exact) mass is 312 g/mol. The van der Waals surface area contributed by atoms with E-state index in [1.165, 1.54) is 19.1 Å². The third-order valence-electron chi connectivity index (χ3n) is 4.16. The van der Waals surface area contributed by atoms with Gasteiger partial charge in [0.2, 0.25) is 0 Å². The van der Waals surface area contributed by atoms with Gasteiger partial charge in [0.25, 0.3) is 5.91 Å². The van der Waals surface area contributed by atoms with E-state index in [2.05, 4.69) is 21.2 Å². The Balaban J connectivity index is 1.73. The molecule has 18 heavy (non-hydrogen) atoms. The van der Waals surface area contributed by atoms with Gasteiger partial charge in [0.1, 0.15) is 0 Å². The first kappa shape index (κ1) is 12.2. The van der Waals surface area contributed by atoms with E-state index >= 15 is 0 Å². The molecule has 4 nitrogen and oxygen atoms in total. The fraction of sp³-hybridized carbons (Fsp3) is 0.615. The minimum Gasteiger partial charge on any atom is -0.457 e. The Morgan fingerprint density at radius 1 is 1.44 bits per heavy atom. The van der Waals surface area contributed by atoms with Crippen LogP contribution in [0.15, 0.2) is 21.4 Å². The summed E-state index contributed by atoms with van der Waals surface area (Å²) in [5.74, 6) is 0.0434. The number of carbonyl (C=O) groups excluding carboxylic acids is 1. The van der Waals surface area contributed by atoms with Crippen molar-refractivity contribution in [1.29, 1.82) is 0 Å². The number of halogens is 1. The van der Waals surface area contributed by atoms with Gasteiger partial charge < -0.3 is 14.6 Å². The molecule has 1 aromatic rings. The first-order valence-corrected chi connectivity index (χ1v) is 7.20. The van der Waals surface area contributed by atoms with Gasteiger partial charge in [0, 0.05) is 25.2 Å². The zero-order chi connectivity index (χ0) is 12.7. The summed E-state index contributed by atoms with van der Waals surface area (Å²) in [4.78, 5) is 14.3. The van der Waals surface area contributed by atoms with Crippen LogP contribution in [0.1, 0.15) is 36.0 Å². The SMILES string of the molecule is CN(C(=O)c1ccoc1Br)C1CC2CCC(C1)N2. The Labute approximate surface area is 115 Å². The van der Waals surface area contributed by atoms with Crippen molar-refractivity contribution < 1.29 is 9.21 Å². The number of furan rings is 1. The van der Waals surface area contributed by atoms with Crippen LogP contribution in [-0.2, 0) is 0 Å². The molecule has 2 unspecified atom stereocenters. The van der Waals surface area contributed by atoms with E-state index in [-0.39, 0.29) is 5.91 Å². The molecule has 5 heteroatoms. The maximum absolute atomic E-state index is 12.4. The largest absolute Gasteiger partial charge is 0.457 e. The lowest BCUT2D eigenvalue weighted by Crippen LogP contribution is -2.48. The van der Waals surface area contributed by atoms with Crippen molar-refractivity contribution in [2.24, 2.45) is 0 Å². The number of carbonyl (C=O) groups is 1. The van der Waals surface area contributed by atoms with Gasteiger partial charge in [-0.05, 0) is 47.7 Å². The van der Waals surface area contributed by atoms with Crippen LogP contribution in [-0.4, -0.2) is 36.0 Å². The highest BCUT2D eigenvalue weighted by Crippen LogP contribution is 2.30. The number of amides is 1. The Hall–Kier alpha value is -0.810. The van der Waals surface area contributed by atoms with Crippen molar-refractivity contribution in [3.05, 3.63) is 22.6 Å². The van der Waals surface area contributed by atoms with E-state index in [1.54, 1.807) is 6.07 Å². The molecule has 1 N–H and O–H groups in total. The molecule has 0 aromatic carbocycles. The van der Waals surface area contributed by atoms with Gasteiger partial charge in [0.15, 0.2) is 4.67 Å². The maximum atomic E-state index is 12.4. The summed E-state index contributed by atoms with van der Waals surface area (Å²) in [6.45, 7) is 0. The molecule has 3 heterocycles. The molecule has 98 valence electrons. The van der Waals surface area contributed by atoms with Crippen LogP contribution in [0.5, 0.6) is 0 Å². The van der Waals surface area contributed by atoms with Crippen molar-refractivity contribution in [1.82, 2.24) is 10.2 Å². The molecule has 0 aliphatic carbocycles. The molecular formula is C13H17BrN2O2. The summed E-state index contributed by atoms with van der Waals surface area (Å²) in [6.07, 6.45) is 6.16. The van der Waals surface area contributed by atoms with Crippen molar-refractivity contribution in [3.63, 3.8) is 0 Å². The number of fused-ring (bicyclic) bond motifs is 2. The van der Waals surface area contributed by atoms with Crippen molar-refractivity contribution in [2.75, 3.05) is 7.05 Å². The zero-order valence-electron chi connectivity index (χ0n) is 10.4. The van der Waals surface area contributed by atoms with Crippen LogP contribution >= 0.6 is 15.9 Å². The van der Waals surface area contributed by atoms with Crippen LogP contribution in [0.3, 0.4) is 0 Å². The van der Waals surface area contributed by atoms with E-state index in [4.69, 9.17) is 4.42 Å². The van der Waals surface area contributed by atoms with E-state index in [0.29, 0.717) is 28.4 Å². The maximum Gasteiger partial charge on any atom is 0.258 e. The molecule has 2 saturated heterocycles. The standard InChI is InChI=1S/C13H17BrN2O2/c1-16(13(17)11-4-5-18-12(11)14)10-6-8-2-3-9(7-10)15-8/h4-5,8-10,15H,2-3,6-7H2,1H3. The number of rotatable bonds is 2. The van der Waals surface area contributed by atoms with E-state index in [1.807, 2.05) is 11.9 Å². The number of hydrogen-bond acceptors (Lipinski definition) is 3. The molecule has 1 amide bonds. The zero-order valence-corrected chi connectivity index (χ0v) is 11.9. The van der Waals surface area contributed by atoms with Gasteiger partial charge >= 0.3 is 0 Å². The summed E-state index contributed by atoms with van der Waals surface area (Å²) in [5.41, 5.74) is 0.614. The molecule has 2 bridgehead atoms. The second kappa shape index (κ2) is 4.70. The summed E-state index contributed by atoms with van der Waals surface area (Å²) in [7, 11) is 1.90. The average Bonchev–Trinajstić information content (AvgIpc) is 2.93. The van der Waals surface area contributed by atoms with E-state index < -0.39 is 0 Å². The topological polar surface area (TPSA) is 45.5 Å². The Kier molecular flexibility index (Phi) is 3.20. The molecular weight excluding hydrogens is 296 g/mol. The van der Waals surface area contributed by atoms with Gasteiger partial charge in [-0.2, -0.15) is 0 Å². The molecule has 2 atom stereocenters. The lowest BCUT2D eigenvalue weighted by Gasteiger charge is -2.35. The first-order chi connectivity index (χ1) is 8.65. The fourth-order valence-corrected chi connectivity index (χ4v) is 3.56. The van der Waals surface area contributed by atoms with Crippen molar-refractivity contribution in [2.45, 2.75) is 43.8 Å². The van der Waals surface area contributed by atoms with Gasteiger partial charge in [-0.15, -0.1) is 0 Å². The third-order valence-corrected chi connectivity index (χ3v) is 4.78. The highest BCUT2D eigenvalue weighted by Gasteiger charge is 2.36. The highest BCUT2D eigenvalue weighted by atomic mass is 79.9. The van der Waals surface area contributed by atoms with Crippen molar-refractivity contribution in [3.8, 4) is 0 Å².